The van der Waals surface area contributed by atoms with Gasteiger partial charge in [0.15, 0.2) is 23.2 Å². The molecule has 4 aromatic rings. The lowest BCUT2D eigenvalue weighted by Gasteiger charge is -2.33. The number of aromatic nitrogens is 3. The van der Waals surface area contributed by atoms with E-state index in [1.54, 1.807) is 50.4 Å². The van der Waals surface area contributed by atoms with Crippen LogP contribution >= 0.6 is 0 Å². The Hall–Kier alpha value is -5.37. The minimum absolute atomic E-state index is 0.0253. The summed E-state index contributed by atoms with van der Waals surface area (Å²) in [5.41, 5.74) is 1.68. The molecule has 6 heterocycles. The Bertz CT molecular complexity index is 2870. The third kappa shape index (κ3) is 17.3. The number of carbonyl (C=O) groups is 4. The average molecular weight is 1160 g/mol. The molecule has 4 aliphatic heterocycles. The monoisotopic (exact) mass is 1160 g/mol. The summed E-state index contributed by atoms with van der Waals surface area (Å²) >= 11 is 0. The van der Waals surface area contributed by atoms with Gasteiger partial charge in [0.2, 0.25) is 40.1 Å². The van der Waals surface area contributed by atoms with E-state index in [-0.39, 0.29) is 49.3 Å². The van der Waals surface area contributed by atoms with Crippen molar-refractivity contribution in [2.75, 3.05) is 145 Å². The zero-order valence-corrected chi connectivity index (χ0v) is 48.7. The number of benzene rings is 2. The van der Waals surface area contributed by atoms with Crippen molar-refractivity contribution < 1.29 is 52.8 Å². The van der Waals surface area contributed by atoms with Crippen LogP contribution in [0, 0.1) is 0 Å². The number of sulfonamides is 4. The molecule has 28 heteroatoms. The lowest BCUT2D eigenvalue weighted by atomic mass is 10.2. The van der Waals surface area contributed by atoms with E-state index in [2.05, 4.69) is 35.0 Å². The highest BCUT2D eigenvalue weighted by atomic mass is 32.2. The lowest BCUT2D eigenvalue weighted by Crippen LogP contribution is -2.49. The van der Waals surface area contributed by atoms with Gasteiger partial charge in [-0.2, -0.15) is 17.2 Å². The Morgan fingerprint density at radius 3 is 1.10 bits per heavy atom. The molecule has 2 aromatic carbocycles. The molecule has 0 saturated carbocycles. The molecule has 0 spiro atoms. The van der Waals surface area contributed by atoms with E-state index in [1.165, 1.54) is 80.8 Å². The van der Waals surface area contributed by atoms with Gasteiger partial charge >= 0.3 is 0 Å². The molecule has 0 amide bonds. The maximum atomic E-state index is 12.5. The highest BCUT2D eigenvalue weighted by Crippen LogP contribution is 2.22. The van der Waals surface area contributed by atoms with Crippen molar-refractivity contribution in [1.82, 2.24) is 51.8 Å². The zero-order valence-electron chi connectivity index (χ0n) is 45.5. The van der Waals surface area contributed by atoms with Gasteiger partial charge in [0.05, 0.1) is 28.7 Å². The second-order valence-electron chi connectivity index (χ2n) is 19.1. The summed E-state index contributed by atoms with van der Waals surface area (Å²) in [6.45, 7) is 15.4. The Labute approximate surface area is 459 Å². The van der Waals surface area contributed by atoms with Crippen LogP contribution < -0.4 is 5.32 Å². The number of Topliss-reactive ketones (excluding diaryl/α,β-unsaturated/α-hetero) is 4. The van der Waals surface area contributed by atoms with Crippen molar-refractivity contribution in [1.29, 1.82) is 0 Å². The van der Waals surface area contributed by atoms with Crippen molar-refractivity contribution in [2.45, 2.75) is 47.3 Å². The van der Waals surface area contributed by atoms with Crippen LogP contribution in [0.4, 0.5) is 5.69 Å². The minimum atomic E-state index is -3.56. The Balaban J connectivity index is 0.000000192. The van der Waals surface area contributed by atoms with Crippen LogP contribution in [-0.4, -0.2) is 248 Å². The number of pyridine rings is 1. The summed E-state index contributed by atoms with van der Waals surface area (Å²) in [5.74, 6) is -0.401. The molecule has 0 unspecified atom stereocenters. The Morgan fingerprint density at radius 1 is 0.423 bits per heavy atom. The molecular formula is C50H72N12O12S4. The number of hydrogen-bond acceptors (Lipinski definition) is 20. The average Bonchev–Trinajstić information content (AvgIpc) is 3.43. The Morgan fingerprint density at radius 2 is 0.769 bits per heavy atom. The van der Waals surface area contributed by atoms with E-state index in [4.69, 9.17) is 0 Å². The van der Waals surface area contributed by atoms with Crippen LogP contribution in [-0.2, 0) is 44.9 Å². The number of nitrogens with one attached hydrogen (secondary N) is 1. The quantitative estimate of drug-likeness (QED) is 0.174. The largest absolute Gasteiger partial charge is 0.388 e. The maximum absolute atomic E-state index is 12.5. The van der Waals surface area contributed by atoms with E-state index in [1.807, 2.05) is 26.0 Å². The molecule has 24 nitrogen and oxygen atoms in total. The van der Waals surface area contributed by atoms with Crippen molar-refractivity contribution in [3.63, 3.8) is 0 Å². The summed E-state index contributed by atoms with van der Waals surface area (Å²) in [5, 5.41) is 2.96. The normalized spacial score (nSPS) is 18.2. The molecule has 0 bridgehead atoms. The Kier molecular flexibility index (Phi) is 22.9. The number of anilines is 1. The first-order valence-corrected chi connectivity index (χ1v) is 30.9. The number of carbonyl (C=O) groups excluding carboxylic acids is 4. The van der Waals surface area contributed by atoms with Crippen LogP contribution in [0.3, 0.4) is 0 Å². The van der Waals surface area contributed by atoms with Crippen molar-refractivity contribution in [3.8, 4) is 0 Å². The zero-order chi connectivity index (χ0) is 57.6. The van der Waals surface area contributed by atoms with Crippen molar-refractivity contribution >= 4 is 68.9 Å². The second kappa shape index (κ2) is 28.2. The van der Waals surface area contributed by atoms with Gasteiger partial charge in [-0.3, -0.25) is 29.1 Å². The summed E-state index contributed by atoms with van der Waals surface area (Å²) in [4.78, 5) is 64.9. The number of ketones is 4. The number of piperazine rings is 4. The van der Waals surface area contributed by atoms with Crippen molar-refractivity contribution in [3.05, 3.63) is 96.3 Å². The number of likely N-dealkylation sites (N-methyl/N-ethyl adjacent to an activating group) is 3. The fraction of sp³-hybridized carbons (Fsp3) is 0.500. The molecular weight excluding hydrogens is 1090 g/mol. The highest BCUT2D eigenvalue weighted by Gasteiger charge is 2.32. The second-order valence-corrected chi connectivity index (χ2v) is 26.8. The maximum Gasteiger partial charge on any atom is 0.246 e. The molecule has 2 aromatic heterocycles. The van der Waals surface area contributed by atoms with E-state index in [0.29, 0.717) is 95.5 Å². The van der Waals surface area contributed by atoms with Gasteiger partial charge in [-0.05, 0) is 83.5 Å². The van der Waals surface area contributed by atoms with E-state index in [9.17, 15) is 52.8 Å². The molecule has 8 rings (SSSR count). The van der Waals surface area contributed by atoms with Gasteiger partial charge in [0.25, 0.3) is 0 Å². The number of hydrogen-bond donors (Lipinski definition) is 1. The van der Waals surface area contributed by atoms with Crippen LogP contribution in [0.5, 0.6) is 0 Å². The molecule has 1 N–H and O–H groups in total. The van der Waals surface area contributed by atoms with E-state index < -0.39 is 40.1 Å². The first kappa shape index (κ1) is 63.5. The van der Waals surface area contributed by atoms with Gasteiger partial charge in [0, 0.05) is 143 Å². The molecule has 0 aliphatic carbocycles. The molecule has 4 fully saturated rings. The van der Waals surface area contributed by atoms with Gasteiger partial charge < -0.3 is 20.0 Å². The lowest BCUT2D eigenvalue weighted by molar-refractivity contribution is -0.118. The molecule has 4 aliphatic rings. The number of nitrogens with zero attached hydrogens (tertiary/aromatic N) is 11. The predicted molar refractivity (Wildman–Crippen MR) is 293 cm³/mol. The smallest absolute Gasteiger partial charge is 0.246 e. The third-order valence-electron chi connectivity index (χ3n) is 13.2. The number of rotatable bonds is 14. The van der Waals surface area contributed by atoms with Crippen LogP contribution in [0.15, 0.2) is 98.8 Å². The van der Waals surface area contributed by atoms with Crippen LogP contribution in [0.25, 0.3) is 0 Å². The molecule has 4 saturated heterocycles. The SMILES string of the molecule is CC(=O)c1ccc(S(=O)(=O)N2CCN(C)CC2)cc1.CC(=O)c1ccc(S(=O)(=O)N2CCN(C)CC2)cn1.CC(=O)c1ncc(S(=O)(=O)N2CCN(C)CC2)cn1.CNc1ccc(S(=O)(=O)N2CCN(CC(C)=O)CC2)cc1. The van der Waals surface area contributed by atoms with Crippen LogP contribution in [0.1, 0.15) is 59.2 Å². The standard InChI is InChI=1S/C14H21N3O3S.C13H18N2O3S.C12H17N3O3S.C11H16N4O3S/c1-12(18)11-16-7-9-17(10-8-16)21(19,20)14-5-3-13(15-2)4-6-14;1-11(16)12-3-5-13(6-4-12)19(17,18)15-9-7-14(2)8-10-15;1-10(16)12-4-3-11(9-13-12)19(17,18)15-7-5-14(2)6-8-15;1-9(16)11-12-7-10(8-13-11)19(17,18)15-5-3-14(2)4-6-15/h3-6,15H,7-11H2,1-2H3;3-6H,7-10H2,1-2H3;3-4,9H,5-8H2,1-2H3;7-8H,3-6H2,1-2H3. The van der Waals surface area contributed by atoms with Gasteiger partial charge in [-0.15, -0.1) is 0 Å². The first-order chi connectivity index (χ1) is 36.7. The highest BCUT2D eigenvalue weighted by molar-refractivity contribution is 7.90. The fourth-order valence-corrected chi connectivity index (χ4v) is 13.7. The molecule has 0 radical (unpaired) electrons. The van der Waals surface area contributed by atoms with Crippen molar-refractivity contribution in [2.24, 2.45) is 0 Å². The fourth-order valence-electron chi connectivity index (χ4n) is 8.15. The molecule has 428 valence electrons. The topological polar surface area (TPSA) is 281 Å². The van der Waals surface area contributed by atoms with Crippen LogP contribution in [0.2, 0.25) is 0 Å². The summed E-state index contributed by atoms with van der Waals surface area (Å²) in [6, 6.07) is 15.7. The van der Waals surface area contributed by atoms with Gasteiger partial charge in [0.1, 0.15) is 21.3 Å². The third-order valence-corrected chi connectivity index (χ3v) is 20.7. The van der Waals surface area contributed by atoms with E-state index >= 15 is 0 Å². The van der Waals surface area contributed by atoms with Gasteiger partial charge in [-0.25, -0.2) is 43.6 Å². The summed E-state index contributed by atoms with van der Waals surface area (Å²) < 4.78 is 105. The summed E-state index contributed by atoms with van der Waals surface area (Å²) in [6.07, 6.45) is 3.64. The minimum Gasteiger partial charge on any atom is -0.388 e. The molecule has 78 heavy (non-hydrogen) atoms. The summed E-state index contributed by atoms with van der Waals surface area (Å²) in [7, 11) is -6.24. The predicted octanol–water partition coefficient (Wildman–Crippen LogP) is 1.28. The van der Waals surface area contributed by atoms with Gasteiger partial charge in [-0.1, -0.05) is 12.1 Å². The first-order valence-electron chi connectivity index (χ1n) is 25.1. The van der Waals surface area contributed by atoms with E-state index in [0.717, 1.165) is 31.9 Å². The molecule has 0 atom stereocenters.